The van der Waals surface area contributed by atoms with Gasteiger partial charge in [0, 0.05) is 37.6 Å². The van der Waals surface area contributed by atoms with E-state index in [4.69, 9.17) is 11.6 Å². The highest BCUT2D eigenvalue weighted by molar-refractivity contribution is 7.89. The molecular formula is C31H34ClN3O4S. The van der Waals surface area contributed by atoms with Gasteiger partial charge in [0.25, 0.3) is 0 Å². The number of sulfonamides is 1. The van der Waals surface area contributed by atoms with Gasteiger partial charge < -0.3 is 10.2 Å². The maximum atomic E-state index is 13.8. The van der Waals surface area contributed by atoms with Crippen molar-refractivity contribution in [2.24, 2.45) is 0 Å². The molecule has 210 valence electrons. The highest BCUT2D eigenvalue weighted by Gasteiger charge is 2.31. The van der Waals surface area contributed by atoms with Crippen LogP contribution in [0.3, 0.4) is 0 Å². The second kappa shape index (κ2) is 13.7. The lowest BCUT2D eigenvalue weighted by molar-refractivity contribution is -0.141. The molecule has 3 aromatic rings. The number of halogens is 1. The van der Waals surface area contributed by atoms with Gasteiger partial charge in [0.1, 0.15) is 6.04 Å². The Morgan fingerprint density at radius 1 is 0.950 bits per heavy atom. The van der Waals surface area contributed by atoms with Crippen molar-refractivity contribution in [1.82, 2.24) is 14.5 Å². The zero-order valence-corrected chi connectivity index (χ0v) is 23.9. The predicted molar refractivity (Wildman–Crippen MR) is 157 cm³/mol. The number of benzene rings is 3. The van der Waals surface area contributed by atoms with E-state index < -0.39 is 16.1 Å². The van der Waals surface area contributed by atoms with Crippen LogP contribution in [0.2, 0.25) is 5.02 Å². The summed E-state index contributed by atoms with van der Waals surface area (Å²) in [5.74, 6) is -0.504. The Balaban J connectivity index is 1.56. The molecule has 3 aromatic carbocycles. The molecule has 0 bridgehead atoms. The molecule has 0 aliphatic carbocycles. The van der Waals surface area contributed by atoms with Gasteiger partial charge in [-0.15, -0.1) is 6.58 Å². The Kier molecular flexibility index (Phi) is 10.1. The fourth-order valence-electron chi connectivity index (χ4n) is 4.79. The first-order chi connectivity index (χ1) is 19.3. The van der Waals surface area contributed by atoms with Gasteiger partial charge in [-0.3, -0.25) is 9.59 Å². The number of amides is 2. The van der Waals surface area contributed by atoms with Crippen LogP contribution in [0.5, 0.6) is 0 Å². The van der Waals surface area contributed by atoms with Crippen LogP contribution in [0.25, 0.3) is 0 Å². The second-order valence-electron chi connectivity index (χ2n) is 9.75. The van der Waals surface area contributed by atoms with Gasteiger partial charge in [-0.05, 0) is 60.2 Å². The average molecular weight is 580 g/mol. The van der Waals surface area contributed by atoms with Gasteiger partial charge in [-0.1, -0.05) is 72.3 Å². The summed E-state index contributed by atoms with van der Waals surface area (Å²) in [5.41, 5.74) is 2.38. The molecule has 0 saturated carbocycles. The number of carbonyl (C=O) groups is 2. The topological polar surface area (TPSA) is 86.8 Å². The zero-order chi connectivity index (χ0) is 28.5. The van der Waals surface area contributed by atoms with Gasteiger partial charge >= 0.3 is 0 Å². The lowest BCUT2D eigenvalue weighted by atomic mass is 10.0. The molecule has 2 amide bonds. The minimum atomic E-state index is -3.50. The summed E-state index contributed by atoms with van der Waals surface area (Å²) in [4.78, 5) is 29.0. The average Bonchev–Trinajstić information content (AvgIpc) is 3.53. The summed E-state index contributed by atoms with van der Waals surface area (Å²) in [6.07, 6.45) is 3.89. The summed E-state index contributed by atoms with van der Waals surface area (Å²) in [6, 6.07) is 22.3. The number of rotatable bonds is 12. The van der Waals surface area contributed by atoms with Crippen molar-refractivity contribution in [3.8, 4) is 0 Å². The first-order valence-corrected chi connectivity index (χ1v) is 15.2. The van der Waals surface area contributed by atoms with Crippen LogP contribution >= 0.6 is 11.6 Å². The van der Waals surface area contributed by atoms with Crippen LogP contribution in [-0.2, 0) is 32.6 Å². The number of carbonyl (C=O) groups excluding carboxylic acids is 2. The number of aryl methyl sites for hydroxylation is 1. The number of hydrogen-bond donors (Lipinski definition) is 1. The molecule has 1 saturated heterocycles. The van der Waals surface area contributed by atoms with E-state index in [1.807, 2.05) is 42.5 Å². The first kappa shape index (κ1) is 29.5. The molecule has 40 heavy (non-hydrogen) atoms. The van der Waals surface area contributed by atoms with Gasteiger partial charge in [0.2, 0.25) is 21.8 Å². The normalized spacial score (nSPS) is 14.4. The van der Waals surface area contributed by atoms with E-state index >= 15 is 0 Å². The number of nitrogens with zero attached hydrogens (tertiary/aromatic N) is 2. The molecule has 1 atom stereocenters. The summed E-state index contributed by atoms with van der Waals surface area (Å²) < 4.78 is 27.2. The van der Waals surface area contributed by atoms with E-state index in [9.17, 15) is 18.0 Å². The van der Waals surface area contributed by atoms with Crippen molar-refractivity contribution in [1.29, 1.82) is 0 Å². The predicted octanol–water partition coefficient (Wildman–Crippen LogP) is 5.13. The van der Waals surface area contributed by atoms with Gasteiger partial charge in [-0.25, -0.2) is 8.42 Å². The molecule has 0 aromatic heterocycles. The lowest BCUT2D eigenvalue weighted by Crippen LogP contribution is -2.43. The van der Waals surface area contributed by atoms with Crippen LogP contribution in [0.15, 0.2) is 96.4 Å². The number of nitrogens with one attached hydrogen (secondary N) is 1. The molecule has 1 aliphatic heterocycles. The van der Waals surface area contributed by atoms with E-state index in [0.29, 0.717) is 30.1 Å². The highest BCUT2D eigenvalue weighted by Crippen LogP contribution is 2.26. The van der Waals surface area contributed by atoms with Crippen LogP contribution in [0.4, 0.5) is 0 Å². The monoisotopic (exact) mass is 579 g/mol. The second-order valence-corrected chi connectivity index (χ2v) is 12.1. The maximum absolute atomic E-state index is 13.8. The molecule has 7 nitrogen and oxygen atoms in total. The van der Waals surface area contributed by atoms with E-state index in [2.05, 4.69) is 11.9 Å². The van der Waals surface area contributed by atoms with Crippen molar-refractivity contribution in [2.75, 3.05) is 19.6 Å². The molecule has 9 heteroatoms. The Labute approximate surface area is 241 Å². The maximum Gasteiger partial charge on any atom is 0.247 e. The fourth-order valence-corrected chi connectivity index (χ4v) is 6.43. The minimum Gasteiger partial charge on any atom is -0.351 e. The molecule has 4 rings (SSSR count). The highest BCUT2D eigenvalue weighted by atomic mass is 35.5. The quantitative estimate of drug-likeness (QED) is 0.301. The van der Waals surface area contributed by atoms with Crippen LogP contribution < -0.4 is 5.32 Å². The molecule has 0 unspecified atom stereocenters. The first-order valence-electron chi connectivity index (χ1n) is 13.4. The van der Waals surface area contributed by atoms with Crippen molar-refractivity contribution in [2.45, 2.75) is 43.2 Å². The van der Waals surface area contributed by atoms with Gasteiger partial charge in [0.15, 0.2) is 0 Å². The summed E-state index contributed by atoms with van der Waals surface area (Å²) in [5, 5.41) is 3.43. The molecule has 0 radical (unpaired) electrons. The van der Waals surface area contributed by atoms with E-state index in [1.165, 1.54) is 4.31 Å². The van der Waals surface area contributed by atoms with Crippen LogP contribution in [0, 0.1) is 0 Å². The Bertz CT molecular complexity index is 1410. The molecule has 1 fully saturated rings. The Morgan fingerprint density at radius 3 is 2.20 bits per heavy atom. The van der Waals surface area contributed by atoms with E-state index in [-0.39, 0.29) is 36.2 Å². The Hall–Kier alpha value is -3.46. The third-order valence-electron chi connectivity index (χ3n) is 6.94. The number of hydrogen-bond acceptors (Lipinski definition) is 4. The standard InChI is InChI=1S/C31H34ClN3O4S/c1-2-20-33-31(37)30(26-8-4-3-5-9-26)35(23-25-10-15-27(32)16-11-25)29(36)19-14-24-12-17-28(18-13-24)40(38,39)34-21-6-7-22-34/h2-5,8-13,15-18,30H,1,6-7,14,19-23H2,(H,33,37)/t30-/m0/s1. The molecule has 1 heterocycles. The van der Waals surface area contributed by atoms with Crippen LogP contribution in [-0.4, -0.2) is 49.1 Å². The smallest absolute Gasteiger partial charge is 0.247 e. The van der Waals surface area contributed by atoms with E-state index in [1.54, 1.807) is 47.4 Å². The van der Waals surface area contributed by atoms with Crippen molar-refractivity contribution < 1.29 is 18.0 Å². The van der Waals surface area contributed by atoms with Crippen molar-refractivity contribution in [3.63, 3.8) is 0 Å². The van der Waals surface area contributed by atoms with Gasteiger partial charge in [-0.2, -0.15) is 4.31 Å². The molecular weight excluding hydrogens is 546 g/mol. The summed E-state index contributed by atoms with van der Waals surface area (Å²) in [7, 11) is -3.50. The molecule has 1 N–H and O–H groups in total. The summed E-state index contributed by atoms with van der Waals surface area (Å²) >= 11 is 6.08. The fraction of sp³-hybridized carbons (Fsp3) is 0.290. The molecule has 0 spiro atoms. The minimum absolute atomic E-state index is 0.143. The van der Waals surface area contributed by atoms with Gasteiger partial charge in [0.05, 0.1) is 4.90 Å². The third kappa shape index (κ3) is 7.38. The SMILES string of the molecule is C=CCNC(=O)[C@H](c1ccccc1)N(Cc1ccc(Cl)cc1)C(=O)CCc1ccc(S(=O)(=O)N2CCCC2)cc1. The Morgan fingerprint density at radius 2 is 1.57 bits per heavy atom. The lowest BCUT2D eigenvalue weighted by Gasteiger charge is -2.31. The third-order valence-corrected chi connectivity index (χ3v) is 9.10. The van der Waals surface area contributed by atoms with Crippen molar-refractivity contribution in [3.05, 3.63) is 113 Å². The largest absolute Gasteiger partial charge is 0.351 e. The molecule has 1 aliphatic rings. The summed E-state index contributed by atoms with van der Waals surface area (Å²) in [6.45, 7) is 5.26. The van der Waals surface area contributed by atoms with Crippen LogP contribution in [0.1, 0.15) is 42.0 Å². The van der Waals surface area contributed by atoms with E-state index in [0.717, 1.165) is 24.0 Å². The zero-order valence-electron chi connectivity index (χ0n) is 22.3. The van der Waals surface area contributed by atoms with Crippen molar-refractivity contribution >= 4 is 33.4 Å².